The third-order valence-electron chi connectivity index (χ3n) is 3.06. The van der Waals surface area contributed by atoms with Gasteiger partial charge >= 0.3 is 6.03 Å². The summed E-state index contributed by atoms with van der Waals surface area (Å²) in [7, 11) is 0. The van der Waals surface area contributed by atoms with Crippen LogP contribution in [0, 0.1) is 0 Å². The highest BCUT2D eigenvalue weighted by Gasteiger charge is 2.15. The molecule has 0 aliphatic rings. The molecule has 0 fully saturated rings. The molecule has 144 valence electrons. The van der Waals surface area contributed by atoms with E-state index in [4.69, 9.17) is 62.7 Å². The van der Waals surface area contributed by atoms with Gasteiger partial charge in [0.25, 0.3) is 0 Å². The molecule has 0 unspecified atom stereocenters. The van der Waals surface area contributed by atoms with Gasteiger partial charge in [-0.05, 0) is 18.6 Å². The molecule has 2 aromatic rings. The quantitative estimate of drug-likeness (QED) is 0.494. The molecule has 0 atom stereocenters. The van der Waals surface area contributed by atoms with Gasteiger partial charge in [-0.15, -0.1) is 23.2 Å². The predicted molar refractivity (Wildman–Crippen MR) is 108 cm³/mol. The number of nitrogens with zero attached hydrogens (tertiary/aromatic N) is 3. The van der Waals surface area contributed by atoms with E-state index in [0.29, 0.717) is 33.9 Å². The second-order valence-corrected chi connectivity index (χ2v) is 6.95. The number of hydrogen-bond acceptors (Lipinski definition) is 3. The van der Waals surface area contributed by atoms with Crippen LogP contribution in [0.15, 0.2) is 30.9 Å². The molecular weight excluding hydrogens is 443 g/mol. The number of hydrogen-bond donors (Lipinski definition) is 0. The van der Waals surface area contributed by atoms with E-state index in [1.165, 1.54) is 10.9 Å². The van der Waals surface area contributed by atoms with E-state index in [2.05, 4.69) is 4.98 Å². The Morgan fingerprint density at radius 1 is 1.19 bits per heavy atom. The lowest BCUT2D eigenvalue weighted by molar-refractivity contribution is 0.184. The molecule has 0 radical (unpaired) electrons. The number of halogens is 5. The van der Waals surface area contributed by atoms with Crippen LogP contribution in [-0.2, 0) is 0 Å². The highest BCUT2D eigenvalue weighted by atomic mass is 35.5. The second-order valence-electron chi connectivity index (χ2n) is 4.89. The Bertz CT molecular complexity index is 660. The van der Waals surface area contributed by atoms with E-state index >= 15 is 0 Å². The molecule has 0 N–H and O–H groups in total. The number of aromatic nitrogens is 2. The van der Waals surface area contributed by atoms with Crippen LogP contribution >= 0.6 is 58.0 Å². The fourth-order valence-corrected chi connectivity index (χ4v) is 2.96. The molecule has 1 amide bonds. The number of alkyl halides is 2. The molecular formula is C16H18Cl5N3O2. The van der Waals surface area contributed by atoms with Gasteiger partial charge in [-0.3, -0.25) is 4.57 Å². The lowest BCUT2D eigenvalue weighted by atomic mass is 10.3. The summed E-state index contributed by atoms with van der Waals surface area (Å²) in [5.41, 5.74) is 0. The van der Waals surface area contributed by atoms with Crippen molar-refractivity contribution < 1.29 is 9.53 Å². The molecule has 0 saturated carbocycles. The van der Waals surface area contributed by atoms with Gasteiger partial charge in [0.15, 0.2) is 5.75 Å². The lowest BCUT2D eigenvalue weighted by Gasteiger charge is -2.22. The summed E-state index contributed by atoms with van der Waals surface area (Å²) in [6.45, 7) is 3.28. The first-order valence-corrected chi connectivity index (χ1v) is 9.81. The first-order chi connectivity index (χ1) is 12.4. The zero-order valence-corrected chi connectivity index (χ0v) is 17.7. The van der Waals surface area contributed by atoms with E-state index < -0.39 is 0 Å². The Hall–Kier alpha value is -0.850. The number of ether oxygens (including phenoxy) is 1. The van der Waals surface area contributed by atoms with Gasteiger partial charge < -0.3 is 9.64 Å². The smallest absolute Gasteiger partial charge is 0.329 e. The van der Waals surface area contributed by atoms with Crippen LogP contribution in [0.3, 0.4) is 0 Å². The molecule has 1 aromatic carbocycles. The minimum atomic E-state index is -0.152. The summed E-state index contributed by atoms with van der Waals surface area (Å²) in [5, 5.41) is 1.31. The SMILES string of the molecule is CCCN(CCOc1c(Cl)cc(Cl)cc1Cl)C(=O)n1ccnc1.ClCCl. The van der Waals surface area contributed by atoms with Crippen molar-refractivity contribution in [3.8, 4) is 5.75 Å². The average Bonchev–Trinajstić information content (AvgIpc) is 3.10. The first kappa shape index (κ1) is 23.2. The molecule has 0 aliphatic carbocycles. The Balaban J connectivity index is 0.00000105. The van der Waals surface area contributed by atoms with Gasteiger partial charge in [-0.25, -0.2) is 9.78 Å². The number of carbonyl (C=O) groups excluding carboxylic acids is 1. The Morgan fingerprint density at radius 2 is 1.81 bits per heavy atom. The van der Waals surface area contributed by atoms with Gasteiger partial charge in [-0.1, -0.05) is 41.7 Å². The molecule has 1 heterocycles. The van der Waals surface area contributed by atoms with E-state index in [9.17, 15) is 4.79 Å². The summed E-state index contributed by atoms with van der Waals surface area (Å²) in [5.74, 6) is 0.365. The number of imidazole rings is 1. The standard InChI is InChI=1S/C15H16Cl3N3O2.CH2Cl2/c1-2-4-20(15(22)21-5-3-19-10-21)6-7-23-14-12(17)8-11(16)9-13(14)18;2-1-3/h3,5,8-10H,2,4,6-7H2,1H3;1H2. The summed E-state index contributed by atoms with van der Waals surface area (Å²) in [6.07, 6.45) is 5.48. The fraction of sp³-hybridized carbons (Fsp3) is 0.375. The van der Waals surface area contributed by atoms with Crippen LogP contribution in [0.2, 0.25) is 15.1 Å². The van der Waals surface area contributed by atoms with Crippen LogP contribution in [0.1, 0.15) is 13.3 Å². The maximum Gasteiger partial charge on any atom is 0.329 e. The second kappa shape index (κ2) is 12.5. The minimum absolute atomic E-state index is 0.152. The van der Waals surface area contributed by atoms with Crippen molar-refractivity contribution in [1.29, 1.82) is 0 Å². The maximum atomic E-state index is 12.3. The van der Waals surface area contributed by atoms with Gasteiger partial charge in [0.2, 0.25) is 0 Å². The van der Waals surface area contributed by atoms with Gasteiger partial charge in [-0.2, -0.15) is 0 Å². The van der Waals surface area contributed by atoms with Crippen molar-refractivity contribution in [2.24, 2.45) is 0 Å². The summed E-state index contributed by atoms with van der Waals surface area (Å²) >= 11 is 27.5. The summed E-state index contributed by atoms with van der Waals surface area (Å²) in [4.78, 5) is 17.9. The molecule has 1 aromatic heterocycles. The molecule has 0 spiro atoms. The Labute approximate surface area is 177 Å². The molecule has 0 saturated heterocycles. The van der Waals surface area contributed by atoms with Crippen LogP contribution in [-0.4, -0.2) is 45.5 Å². The normalized spacial score (nSPS) is 10.1. The maximum absolute atomic E-state index is 12.3. The van der Waals surface area contributed by atoms with Crippen molar-refractivity contribution in [2.45, 2.75) is 13.3 Å². The van der Waals surface area contributed by atoms with Gasteiger partial charge in [0.1, 0.15) is 12.9 Å². The van der Waals surface area contributed by atoms with E-state index in [-0.39, 0.29) is 18.0 Å². The first-order valence-electron chi connectivity index (χ1n) is 7.61. The van der Waals surface area contributed by atoms with Crippen LogP contribution in [0.25, 0.3) is 0 Å². The fourth-order valence-electron chi connectivity index (χ4n) is 2.03. The van der Waals surface area contributed by atoms with Crippen LogP contribution in [0.5, 0.6) is 5.75 Å². The van der Waals surface area contributed by atoms with Crippen molar-refractivity contribution in [1.82, 2.24) is 14.5 Å². The lowest BCUT2D eigenvalue weighted by Crippen LogP contribution is -2.37. The monoisotopic (exact) mass is 459 g/mol. The van der Waals surface area contributed by atoms with Crippen molar-refractivity contribution >= 4 is 64.0 Å². The Morgan fingerprint density at radius 3 is 2.31 bits per heavy atom. The van der Waals surface area contributed by atoms with Crippen LogP contribution < -0.4 is 4.74 Å². The highest BCUT2D eigenvalue weighted by molar-refractivity contribution is 6.40. The average molecular weight is 462 g/mol. The van der Waals surface area contributed by atoms with Crippen molar-refractivity contribution in [3.05, 3.63) is 45.9 Å². The number of rotatable bonds is 6. The third kappa shape index (κ3) is 7.41. The highest BCUT2D eigenvalue weighted by Crippen LogP contribution is 2.35. The molecule has 0 bridgehead atoms. The molecule has 10 heteroatoms. The predicted octanol–water partition coefficient (Wildman–Crippen LogP) is 6.02. The Kier molecular flexibility index (Phi) is 11.2. The minimum Gasteiger partial charge on any atom is -0.489 e. The molecule has 5 nitrogen and oxygen atoms in total. The van der Waals surface area contributed by atoms with Crippen LogP contribution in [0.4, 0.5) is 4.79 Å². The third-order valence-corrected chi connectivity index (χ3v) is 3.84. The molecule has 0 aliphatic heterocycles. The summed E-state index contributed by atoms with van der Waals surface area (Å²) < 4.78 is 7.05. The zero-order valence-electron chi connectivity index (χ0n) is 14.0. The molecule has 26 heavy (non-hydrogen) atoms. The summed E-state index contributed by atoms with van der Waals surface area (Å²) in [6, 6.07) is 2.97. The largest absolute Gasteiger partial charge is 0.489 e. The topological polar surface area (TPSA) is 47.4 Å². The van der Waals surface area contributed by atoms with E-state index in [0.717, 1.165) is 6.42 Å². The van der Waals surface area contributed by atoms with Gasteiger partial charge in [0.05, 0.1) is 21.9 Å². The van der Waals surface area contributed by atoms with Gasteiger partial charge in [0, 0.05) is 24.0 Å². The molecule has 2 rings (SSSR count). The van der Waals surface area contributed by atoms with E-state index in [1.54, 1.807) is 29.4 Å². The van der Waals surface area contributed by atoms with Crippen molar-refractivity contribution in [3.63, 3.8) is 0 Å². The zero-order chi connectivity index (χ0) is 19.5. The number of amides is 1. The van der Waals surface area contributed by atoms with E-state index in [1.807, 2.05) is 6.92 Å². The van der Waals surface area contributed by atoms with Crippen molar-refractivity contribution in [2.75, 3.05) is 25.0 Å². The number of benzene rings is 1. The number of carbonyl (C=O) groups is 1.